The molecule has 2 aromatic rings. The third kappa shape index (κ3) is 5.01. The lowest BCUT2D eigenvalue weighted by molar-refractivity contribution is -0.120. The standard InChI is InChI=1S/C24H28ClFN2O3/c1-14-13-20(28(15(14)2)23(30)31-24(3,4)5)22(29)27-19-12-8-10-17(21(19)26)16-9-6-7-11-18(16)25/h6-12,14-15,20H,13H2,1-5H3,(H,27,29)/t14-,15-,20+/m1/s1. The van der Waals surface area contributed by atoms with E-state index in [0.29, 0.717) is 22.6 Å². The van der Waals surface area contributed by atoms with Crippen LogP contribution in [0.5, 0.6) is 0 Å². The van der Waals surface area contributed by atoms with Crippen molar-refractivity contribution in [3.05, 3.63) is 53.3 Å². The van der Waals surface area contributed by atoms with Crippen LogP contribution in [0.2, 0.25) is 5.02 Å². The van der Waals surface area contributed by atoms with Gasteiger partial charge in [0.15, 0.2) is 5.82 Å². The number of nitrogens with zero attached hydrogens (tertiary/aromatic N) is 1. The minimum Gasteiger partial charge on any atom is -0.444 e. The molecule has 7 heteroatoms. The Bertz CT molecular complexity index is 989. The molecule has 1 aliphatic rings. The number of nitrogens with one attached hydrogen (secondary N) is 1. The molecule has 0 spiro atoms. The molecule has 0 aliphatic carbocycles. The molecule has 0 radical (unpaired) electrons. The van der Waals surface area contributed by atoms with Crippen LogP contribution in [-0.2, 0) is 9.53 Å². The van der Waals surface area contributed by atoms with E-state index in [1.807, 2.05) is 13.8 Å². The van der Waals surface area contributed by atoms with Crippen molar-refractivity contribution in [2.75, 3.05) is 5.32 Å². The van der Waals surface area contributed by atoms with Gasteiger partial charge in [0.25, 0.3) is 0 Å². The number of likely N-dealkylation sites (tertiary alicyclic amines) is 1. The SMILES string of the molecule is C[C@@H]1C[C@@H](C(=O)Nc2cccc(-c3ccccc3Cl)c2F)N(C(=O)OC(C)(C)C)[C@@H]1C. The first kappa shape index (κ1) is 23.1. The van der Waals surface area contributed by atoms with Crippen molar-refractivity contribution in [1.82, 2.24) is 4.90 Å². The molecular formula is C24H28ClFN2O3. The number of rotatable bonds is 3. The normalized spacial score (nSPS) is 21.1. The summed E-state index contributed by atoms with van der Waals surface area (Å²) in [6.07, 6.45) is -0.0762. The smallest absolute Gasteiger partial charge is 0.411 e. The van der Waals surface area contributed by atoms with E-state index in [9.17, 15) is 9.59 Å². The third-order valence-electron chi connectivity index (χ3n) is 5.52. The highest BCUT2D eigenvalue weighted by Gasteiger charge is 2.44. The Morgan fingerprint density at radius 3 is 2.39 bits per heavy atom. The minimum atomic E-state index is -0.747. The number of ether oxygens (including phenoxy) is 1. The Morgan fingerprint density at radius 1 is 1.10 bits per heavy atom. The molecule has 1 saturated heterocycles. The maximum absolute atomic E-state index is 15.2. The highest BCUT2D eigenvalue weighted by Crippen LogP contribution is 2.34. The van der Waals surface area contributed by atoms with Gasteiger partial charge in [0.2, 0.25) is 5.91 Å². The van der Waals surface area contributed by atoms with Crippen molar-refractivity contribution in [1.29, 1.82) is 0 Å². The molecule has 0 saturated carbocycles. The first-order valence-corrected chi connectivity index (χ1v) is 10.7. The highest BCUT2D eigenvalue weighted by atomic mass is 35.5. The summed E-state index contributed by atoms with van der Waals surface area (Å²) in [5.74, 6) is -0.924. The zero-order valence-corrected chi connectivity index (χ0v) is 19.2. The fourth-order valence-electron chi connectivity index (χ4n) is 3.79. The van der Waals surface area contributed by atoms with Crippen molar-refractivity contribution >= 4 is 29.3 Å². The summed E-state index contributed by atoms with van der Waals surface area (Å²) in [5, 5.41) is 3.08. The van der Waals surface area contributed by atoms with E-state index >= 15 is 4.39 Å². The van der Waals surface area contributed by atoms with Gasteiger partial charge in [-0.15, -0.1) is 0 Å². The Balaban J connectivity index is 1.86. The van der Waals surface area contributed by atoms with E-state index < -0.39 is 29.5 Å². The molecule has 5 nitrogen and oxygen atoms in total. The van der Waals surface area contributed by atoms with Gasteiger partial charge in [0.1, 0.15) is 11.6 Å². The predicted molar refractivity (Wildman–Crippen MR) is 121 cm³/mol. The lowest BCUT2D eigenvalue weighted by atomic mass is 10.0. The molecule has 1 N–H and O–H groups in total. The topological polar surface area (TPSA) is 58.6 Å². The van der Waals surface area contributed by atoms with Crippen molar-refractivity contribution in [2.45, 2.75) is 58.7 Å². The van der Waals surface area contributed by atoms with E-state index in [1.165, 1.54) is 11.0 Å². The summed E-state index contributed by atoms with van der Waals surface area (Å²) in [4.78, 5) is 27.3. The van der Waals surface area contributed by atoms with Gasteiger partial charge < -0.3 is 10.1 Å². The summed E-state index contributed by atoms with van der Waals surface area (Å²) in [7, 11) is 0. The van der Waals surface area contributed by atoms with Crippen LogP contribution in [-0.4, -0.2) is 34.6 Å². The third-order valence-corrected chi connectivity index (χ3v) is 5.85. The van der Waals surface area contributed by atoms with E-state index in [0.717, 1.165) is 0 Å². The maximum atomic E-state index is 15.2. The highest BCUT2D eigenvalue weighted by molar-refractivity contribution is 6.33. The zero-order chi connectivity index (χ0) is 22.9. The van der Waals surface area contributed by atoms with Gasteiger partial charge in [0.05, 0.1) is 5.69 Å². The van der Waals surface area contributed by atoms with E-state index in [4.69, 9.17) is 16.3 Å². The number of carbonyl (C=O) groups is 2. The molecular weight excluding hydrogens is 419 g/mol. The minimum absolute atomic E-state index is 0.0405. The van der Waals surface area contributed by atoms with Crippen LogP contribution in [0.15, 0.2) is 42.5 Å². The number of anilines is 1. The van der Waals surface area contributed by atoms with Crippen LogP contribution in [0.4, 0.5) is 14.9 Å². The summed E-state index contributed by atoms with van der Waals surface area (Å²) in [6.45, 7) is 9.20. The maximum Gasteiger partial charge on any atom is 0.411 e. The van der Waals surface area contributed by atoms with Gasteiger partial charge in [-0.2, -0.15) is 0 Å². The second-order valence-corrected chi connectivity index (χ2v) is 9.40. The number of benzene rings is 2. The van der Waals surface area contributed by atoms with Crippen molar-refractivity contribution in [3.63, 3.8) is 0 Å². The molecule has 1 heterocycles. The molecule has 1 aliphatic heterocycles. The summed E-state index contributed by atoms with van der Waals surface area (Å²) in [6, 6.07) is 10.8. The van der Waals surface area contributed by atoms with Gasteiger partial charge in [-0.25, -0.2) is 9.18 Å². The Labute approximate surface area is 187 Å². The fourth-order valence-corrected chi connectivity index (χ4v) is 4.03. The molecule has 31 heavy (non-hydrogen) atoms. The first-order valence-electron chi connectivity index (χ1n) is 10.3. The van der Waals surface area contributed by atoms with E-state index in [2.05, 4.69) is 5.32 Å². The average molecular weight is 447 g/mol. The number of hydrogen-bond donors (Lipinski definition) is 1. The molecule has 0 unspecified atom stereocenters. The van der Waals surface area contributed by atoms with Gasteiger partial charge in [-0.1, -0.05) is 48.9 Å². The van der Waals surface area contributed by atoms with Gasteiger partial charge >= 0.3 is 6.09 Å². The average Bonchev–Trinajstić information content (AvgIpc) is 2.98. The molecule has 166 valence electrons. The van der Waals surface area contributed by atoms with Crippen molar-refractivity contribution < 1.29 is 18.7 Å². The summed E-state index contributed by atoms with van der Waals surface area (Å²) in [5.41, 5.74) is 0.189. The van der Waals surface area contributed by atoms with Gasteiger partial charge in [0, 0.05) is 22.2 Å². The van der Waals surface area contributed by atoms with Gasteiger partial charge in [-0.05, 0) is 52.2 Å². The Morgan fingerprint density at radius 2 is 1.74 bits per heavy atom. The van der Waals surface area contributed by atoms with Gasteiger partial charge in [-0.3, -0.25) is 9.69 Å². The fraction of sp³-hybridized carbons (Fsp3) is 0.417. The molecule has 3 atom stereocenters. The predicted octanol–water partition coefficient (Wildman–Crippen LogP) is 6.12. The number of hydrogen-bond acceptors (Lipinski definition) is 3. The largest absolute Gasteiger partial charge is 0.444 e. The molecule has 1 fully saturated rings. The van der Waals surface area contributed by atoms with E-state index in [-0.39, 0.29) is 17.6 Å². The summed E-state index contributed by atoms with van der Waals surface area (Å²) < 4.78 is 20.7. The van der Waals surface area contributed by atoms with Crippen LogP contribution >= 0.6 is 11.6 Å². The molecule has 2 aromatic carbocycles. The summed E-state index contributed by atoms with van der Waals surface area (Å²) >= 11 is 6.22. The van der Waals surface area contributed by atoms with Crippen LogP contribution in [0.3, 0.4) is 0 Å². The van der Waals surface area contributed by atoms with Crippen LogP contribution in [0.1, 0.15) is 41.0 Å². The Hall–Kier alpha value is -2.60. The molecule has 3 rings (SSSR count). The number of carbonyl (C=O) groups excluding carboxylic acids is 2. The lowest BCUT2D eigenvalue weighted by Gasteiger charge is -2.31. The molecule has 0 aromatic heterocycles. The lowest BCUT2D eigenvalue weighted by Crippen LogP contribution is -2.48. The van der Waals surface area contributed by atoms with Crippen molar-refractivity contribution in [3.8, 4) is 11.1 Å². The second-order valence-electron chi connectivity index (χ2n) is 8.99. The van der Waals surface area contributed by atoms with Crippen molar-refractivity contribution in [2.24, 2.45) is 5.92 Å². The monoisotopic (exact) mass is 446 g/mol. The van der Waals surface area contributed by atoms with Crippen LogP contribution in [0.25, 0.3) is 11.1 Å². The molecule has 2 amide bonds. The Kier molecular flexibility index (Phi) is 6.60. The quantitative estimate of drug-likeness (QED) is 0.618. The molecule has 0 bridgehead atoms. The number of amides is 2. The van der Waals surface area contributed by atoms with Crippen LogP contribution < -0.4 is 5.32 Å². The first-order chi connectivity index (χ1) is 14.5. The zero-order valence-electron chi connectivity index (χ0n) is 18.4. The number of halogens is 2. The van der Waals surface area contributed by atoms with E-state index in [1.54, 1.807) is 57.2 Å². The van der Waals surface area contributed by atoms with Crippen LogP contribution in [0, 0.1) is 11.7 Å². The second kappa shape index (κ2) is 8.87.